The van der Waals surface area contributed by atoms with E-state index in [2.05, 4.69) is 10.4 Å². The molecular weight excluding hydrogens is 367 g/mol. The van der Waals surface area contributed by atoms with Crippen molar-refractivity contribution in [3.63, 3.8) is 0 Å². The molecule has 7 heteroatoms. The largest absolute Gasteiger partial charge is 0.484 e. The highest BCUT2D eigenvalue weighted by atomic mass is 19.4. The maximum absolute atomic E-state index is 12.2. The first-order valence-electron chi connectivity index (χ1n) is 8.93. The fourth-order valence-electron chi connectivity index (χ4n) is 2.95. The predicted molar refractivity (Wildman–Crippen MR) is 102 cm³/mol. The number of alkyl halides is 3. The van der Waals surface area contributed by atoms with E-state index in [9.17, 15) is 13.2 Å². The molecule has 0 atom stereocenters. The van der Waals surface area contributed by atoms with Gasteiger partial charge in [0.15, 0.2) is 6.61 Å². The van der Waals surface area contributed by atoms with Crippen molar-refractivity contribution in [1.82, 2.24) is 15.1 Å². The third kappa shape index (κ3) is 5.13. The van der Waals surface area contributed by atoms with Crippen molar-refractivity contribution < 1.29 is 17.9 Å². The van der Waals surface area contributed by atoms with Crippen molar-refractivity contribution in [3.05, 3.63) is 77.1 Å². The van der Waals surface area contributed by atoms with Crippen molar-refractivity contribution in [2.45, 2.75) is 33.1 Å². The number of nitrogens with zero attached hydrogens (tertiary/aromatic N) is 2. The van der Waals surface area contributed by atoms with Crippen LogP contribution in [0.1, 0.15) is 22.5 Å². The van der Waals surface area contributed by atoms with E-state index in [1.165, 1.54) is 0 Å². The molecule has 0 bridgehead atoms. The monoisotopic (exact) mass is 389 g/mol. The van der Waals surface area contributed by atoms with Crippen LogP contribution in [-0.2, 0) is 13.1 Å². The Hall–Kier alpha value is -2.80. The zero-order valence-corrected chi connectivity index (χ0v) is 15.8. The lowest BCUT2D eigenvalue weighted by Crippen LogP contribution is -2.19. The highest BCUT2D eigenvalue weighted by molar-refractivity contribution is 5.37. The van der Waals surface area contributed by atoms with Gasteiger partial charge in [-0.3, -0.25) is 0 Å². The fourth-order valence-corrected chi connectivity index (χ4v) is 2.95. The summed E-state index contributed by atoms with van der Waals surface area (Å²) in [5.74, 6) is 0.205. The number of para-hydroxylation sites is 1. The van der Waals surface area contributed by atoms with Crippen LogP contribution < -0.4 is 10.1 Å². The number of hydrogen-bond acceptors (Lipinski definition) is 3. The number of aryl methyl sites for hydroxylation is 1. The Morgan fingerprint density at radius 1 is 0.964 bits per heavy atom. The standard InChI is InChI=1S/C21H22F3N3O/c1-15-20(16(2)27(26-15)18-6-4-3-5-7-18)13-25-12-17-8-10-19(11-9-17)28-14-21(22,23)24/h3-11,25H,12-14H2,1-2H3. The second-order valence-corrected chi connectivity index (χ2v) is 6.55. The molecule has 0 aliphatic rings. The second-order valence-electron chi connectivity index (χ2n) is 6.55. The lowest BCUT2D eigenvalue weighted by Gasteiger charge is -2.10. The molecule has 1 aromatic heterocycles. The number of rotatable bonds is 7. The molecule has 0 spiro atoms. The van der Waals surface area contributed by atoms with Crippen LogP contribution in [0, 0.1) is 13.8 Å². The maximum atomic E-state index is 12.2. The number of benzene rings is 2. The van der Waals surface area contributed by atoms with Gasteiger partial charge < -0.3 is 10.1 Å². The minimum Gasteiger partial charge on any atom is -0.484 e. The molecule has 0 aliphatic heterocycles. The molecule has 3 aromatic rings. The molecule has 0 saturated carbocycles. The van der Waals surface area contributed by atoms with Crippen LogP contribution in [0.15, 0.2) is 54.6 Å². The van der Waals surface area contributed by atoms with E-state index < -0.39 is 12.8 Å². The van der Waals surface area contributed by atoms with Crippen molar-refractivity contribution >= 4 is 0 Å². The highest BCUT2D eigenvalue weighted by Gasteiger charge is 2.28. The van der Waals surface area contributed by atoms with E-state index in [0.717, 1.165) is 28.2 Å². The van der Waals surface area contributed by atoms with Crippen LogP contribution in [0.3, 0.4) is 0 Å². The highest BCUT2D eigenvalue weighted by Crippen LogP contribution is 2.20. The van der Waals surface area contributed by atoms with E-state index >= 15 is 0 Å². The van der Waals surface area contributed by atoms with Gasteiger partial charge in [0.05, 0.1) is 11.4 Å². The van der Waals surface area contributed by atoms with Gasteiger partial charge in [0.1, 0.15) is 5.75 Å². The van der Waals surface area contributed by atoms with E-state index in [1.807, 2.05) is 48.9 Å². The number of hydrogen-bond donors (Lipinski definition) is 1. The summed E-state index contributed by atoms with van der Waals surface area (Å²) in [6.45, 7) is 3.98. The van der Waals surface area contributed by atoms with E-state index in [0.29, 0.717) is 13.1 Å². The van der Waals surface area contributed by atoms with Crippen molar-refractivity contribution in [1.29, 1.82) is 0 Å². The Morgan fingerprint density at radius 3 is 2.29 bits per heavy atom. The molecule has 0 unspecified atom stereocenters. The van der Waals surface area contributed by atoms with Gasteiger partial charge >= 0.3 is 6.18 Å². The summed E-state index contributed by atoms with van der Waals surface area (Å²) in [7, 11) is 0. The van der Waals surface area contributed by atoms with Gasteiger partial charge in [-0.15, -0.1) is 0 Å². The molecule has 0 fully saturated rings. The molecule has 0 saturated heterocycles. The van der Waals surface area contributed by atoms with Gasteiger partial charge in [0.2, 0.25) is 0 Å². The normalized spacial score (nSPS) is 11.6. The molecule has 0 radical (unpaired) electrons. The predicted octanol–water partition coefficient (Wildman–Crippen LogP) is 4.72. The summed E-state index contributed by atoms with van der Waals surface area (Å²) in [5, 5.41) is 7.99. The Bertz CT molecular complexity index is 903. The molecule has 0 amide bonds. The molecule has 148 valence electrons. The Balaban J connectivity index is 1.57. The van der Waals surface area contributed by atoms with Gasteiger partial charge in [-0.05, 0) is 43.7 Å². The molecule has 1 heterocycles. The summed E-state index contributed by atoms with van der Waals surface area (Å²) in [5.41, 5.74) is 5.15. The summed E-state index contributed by atoms with van der Waals surface area (Å²) in [6.07, 6.45) is -4.33. The van der Waals surface area contributed by atoms with E-state index in [1.54, 1.807) is 24.3 Å². The van der Waals surface area contributed by atoms with E-state index in [4.69, 9.17) is 4.74 Å². The molecule has 3 rings (SSSR count). The Labute approximate surface area is 162 Å². The Kier molecular flexibility index (Phi) is 6.04. The number of halogens is 3. The third-order valence-electron chi connectivity index (χ3n) is 4.40. The first kappa shape index (κ1) is 19.9. The van der Waals surface area contributed by atoms with Gasteiger partial charge in [-0.2, -0.15) is 18.3 Å². The summed E-state index contributed by atoms with van der Waals surface area (Å²) in [6, 6.07) is 16.6. The smallest absolute Gasteiger partial charge is 0.422 e. The second kappa shape index (κ2) is 8.48. The molecule has 4 nitrogen and oxygen atoms in total. The zero-order chi connectivity index (χ0) is 20.1. The first-order valence-corrected chi connectivity index (χ1v) is 8.93. The minimum atomic E-state index is -4.33. The lowest BCUT2D eigenvalue weighted by atomic mass is 10.1. The minimum absolute atomic E-state index is 0.205. The van der Waals surface area contributed by atoms with Crippen molar-refractivity contribution in [2.75, 3.05) is 6.61 Å². The van der Waals surface area contributed by atoms with Gasteiger partial charge in [0.25, 0.3) is 0 Å². The van der Waals surface area contributed by atoms with Crippen LogP contribution in [0.2, 0.25) is 0 Å². The Morgan fingerprint density at radius 2 is 1.64 bits per heavy atom. The van der Waals surface area contributed by atoms with Gasteiger partial charge in [-0.1, -0.05) is 30.3 Å². The molecule has 28 heavy (non-hydrogen) atoms. The topological polar surface area (TPSA) is 39.1 Å². The SMILES string of the molecule is Cc1nn(-c2ccccc2)c(C)c1CNCc1ccc(OCC(F)(F)F)cc1. The molecule has 0 aliphatic carbocycles. The van der Waals surface area contributed by atoms with Crippen LogP contribution in [0.25, 0.3) is 5.69 Å². The quantitative estimate of drug-likeness (QED) is 0.636. The molecule has 2 aromatic carbocycles. The van der Waals surface area contributed by atoms with Crippen LogP contribution in [0.5, 0.6) is 5.75 Å². The number of aromatic nitrogens is 2. The van der Waals surface area contributed by atoms with Crippen LogP contribution >= 0.6 is 0 Å². The average molecular weight is 389 g/mol. The fraction of sp³-hybridized carbons (Fsp3) is 0.286. The molecule has 1 N–H and O–H groups in total. The summed E-state index contributed by atoms with van der Waals surface area (Å²) in [4.78, 5) is 0. The maximum Gasteiger partial charge on any atom is 0.422 e. The average Bonchev–Trinajstić information content (AvgIpc) is 2.96. The first-order chi connectivity index (χ1) is 13.3. The molecular formula is C21H22F3N3O. The zero-order valence-electron chi connectivity index (χ0n) is 15.8. The van der Waals surface area contributed by atoms with E-state index in [-0.39, 0.29) is 5.75 Å². The van der Waals surface area contributed by atoms with Gasteiger partial charge in [0, 0.05) is 24.3 Å². The summed E-state index contributed by atoms with van der Waals surface area (Å²) < 4.78 is 43.2. The number of nitrogens with one attached hydrogen (secondary N) is 1. The number of ether oxygens (including phenoxy) is 1. The summed E-state index contributed by atoms with van der Waals surface area (Å²) >= 11 is 0. The van der Waals surface area contributed by atoms with Gasteiger partial charge in [-0.25, -0.2) is 4.68 Å². The van der Waals surface area contributed by atoms with Crippen LogP contribution in [0.4, 0.5) is 13.2 Å². The van der Waals surface area contributed by atoms with Crippen molar-refractivity contribution in [2.24, 2.45) is 0 Å². The van der Waals surface area contributed by atoms with Crippen molar-refractivity contribution in [3.8, 4) is 11.4 Å². The van der Waals surface area contributed by atoms with Crippen LogP contribution in [-0.4, -0.2) is 22.6 Å². The lowest BCUT2D eigenvalue weighted by molar-refractivity contribution is -0.153. The third-order valence-corrected chi connectivity index (χ3v) is 4.40.